The zero-order chi connectivity index (χ0) is 24.1. The molecule has 8 heteroatoms. The molecule has 1 aliphatic heterocycles. The zero-order valence-corrected chi connectivity index (χ0v) is 21.4. The van der Waals surface area contributed by atoms with E-state index < -0.39 is 0 Å². The highest BCUT2D eigenvalue weighted by Crippen LogP contribution is 2.54. The molecule has 1 aliphatic carbocycles. The van der Waals surface area contributed by atoms with Crippen molar-refractivity contribution in [1.29, 1.82) is 0 Å². The number of hydrogen-bond acceptors (Lipinski definition) is 6. The Kier molecular flexibility index (Phi) is 8.64. The quantitative estimate of drug-likeness (QED) is 0.430. The van der Waals surface area contributed by atoms with Gasteiger partial charge < -0.3 is 14.6 Å². The summed E-state index contributed by atoms with van der Waals surface area (Å²) in [6, 6.07) is 11.9. The van der Waals surface area contributed by atoms with Gasteiger partial charge in [-0.25, -0.2) is 0 Å². The maximum absolute atomic E-state index is 12.6. The molecule has 1 N–H and O–H groups in total. The van der Waals surface area contributed by atoms with Crippen LogP contribution in [0.2, 0.25) is 5.02 Å². The Morgan fingerprint density at radius 2 is 2.00 bits per heavy atom. The molecule has 2 aromatic rings. The Bertz CT molecular complexity index is 999. The first-order valence-electron chi connectivity index (χ1n) is 11.9. The molecule has 1 heterocycles. The van der Waals surface area contributed by atoms with E-state index in [0.717, 1.165) is 40.6 Å². The van der Waals surface area contributed by atoms with E-state index in [2.05, 4.69) is 4.90 Å². The van der Waals surface area contributed by atoms with Gasteiger partial charge in [0.25, 0.3) is 0 Å². The van der Waals surface area contributed by atoms with E-state index in [1.54, 1.807) is 30.7 Å². The van der Waals surface area contributed by atoms with Crippen LogP contribution in [-0.2, 0) is 4.79 Å². The highest BCUT2D eigenvalue weighted by atomic mass is 35.5. The molecule has 184 valence electrons. The van der Waals surface area contributed by atoms with E-state index in [-0.39, 0.29) is 17.9 Å². The van der Waals surface area contributed by atoms with Crippen LogP contribution in [0.3, 0.4) is 0 Å². The molecule has 0 radical (unpaired) electrons. The lowest BCUT2D eigenvalue weighted by molar-refractivity contribution is -0.116. The third kappa shape index (κ3) is 5.65. The lowest BCUT2D eigenvalue weighted by atomic mass is 10.1. The Hall–Kier alpha value is -1.93. The largest absolute Gasteiger partial charge is 0.497 e. The third-order valence-electron chi connectivity index (χ3n) is 6.55. The van der Waals surface area contributed by atoms with Crippen LogP contribution < -0.4 is 14.4 Å². The number of anilines is 1. The van der Waals surface area contributed by atoms with E-state index in [1.165, 1.54) is 25.7 Å². The van der Waals surface area contributed by atoms with Crippen molar-refractivity contribution < 1.29 is 19.4 Å². The highest BCUT2D eigenvalue weighted by Gasteiger charge is 2.36. The van der Waals surface area contributed by atoms with Gasteiger partial charge in [0, 0.05) is 41.5 Å². The van der Waals surface area contributed by atoms with Crippen LogP contribution in [0.5, 0.6) is 11.5 Å². The molecule has 0 aromatic heterocycles. The van der Waals surface area contributed by atoms with Crippen LogP contribution in [-0.4, -0.2) is 55.4 Å². The van der Waals surface area contributed by atoms with Gasteiger partial charge >= 0.3 is 0 Å². The monoisotopic (exact) mass is 504 g/mol. The van der Waals surface area contributed by atoms with Crippen molar-refractivity contribution in [1.82, 2.24) is 4.90 Å². The fraction of sp³-hybridized carbons (Fsp3) is 0.500. The first-order chi connectivity index (χ1) is 16.5. The standard InChI is InChI=1S/C26H33ClN2O4S/c1-18(31)29-23-10-8-19(27)16-25(23)34-26(29)22-17-21(32-2)9-11-24(22)33-15-5-12-28(13-14-30)20-6-3-4-7-20/h8-11,16-17,20,26,30H,3-7,12-15H2,1-2H3. The van der Waals surface area contributed by atoms with Gasteiger partial charge in [0.1, 0.15) is 16.9 Å². The summed E-state index contributed by atoms with van der Waals surface area (Å²) in [5.41, 5.74) is 1.76. The third-order valence-corrected chi connectivity index (χ3v) is 8.06. The average molecular weight is 505 g/mol. The summed E-state index contributed by atoms with van der Waals surface area (Å²) in [6.45, 7) is 3.94. The molecule has 4 rings (SSSR count). The Balaban J connectivity index is 1.49. The minimum absolute atomic E-state index is 0.0384. The summed E-state index contributed by atoms with van der Waals surface area (Å²) in [7, 11) is 1.64. The fourth-order valence-electron chi connectivity index (χ4n) is 4.92. The van der Waals surface area contributed by atoms with Crippen molar-refractivity contribution in [3.8, 4) is 11.5 Å². The first kappa shape index (κ1) is 25.2. The van der Waals surface area contributed by atoms with Crippen LogP contribution in [0.15, 0.2) is 41.3 Å². The summed E-state index contributed by atoms with van der Waals surface area (Å²) in [4.78, 5) is 17.8. The number of halogens is 1. The lowest BCUT2D eigenvalue weighted by Crippen LogP contribution is -2.37. The number of aliphatic hydroxyl groups is 1. The van der Waals surface area contributed by atoms with Crippen LogP contribution in [0.1, 0.15) is 50.0 Å². The number of rotatable bonds is 10. The summed E-state index contributed by atoms with van der Waals surface area (Å²) < 4.78 is 11.8. The minimum atomic E-state index is -0.263. The number of amides is 1. The molecular formula is C26H33ClN2O4S. The van der Waals surface area contributed by atoms with Crippen molar-refractivity contribution in [2.24, 2.45) is 0 Å². The number of carbonyl (C=O) groups is 1. The second-order valence-corrected chi connectivity index (χ2v) is 10.3. The van der Waals surface area contributed by atoms with Gasteiger partial charge in [0.2, 0.25) is 5.91 Å². The summed E-state index contributed by atoms with van der Waals surface area (Å²) in [6.07, 6.45) is 5.85. The average Bonchev–Trinajstić information content (AvgIpc) is 3.49. The molecule has 1 amide bonds. The molecule has 1 atom stereocenters. The molecule has 1 fully saturated rings. The van der Waals surface area contributed by atoms with Gasteiger partial charge in [0.15, 0.2) is 0 Å². The lowest BCUT2D eigenvalue weighted by Gasteiger charge is -2.28. The topological polar surface area (TPSA) is 62.2 Å². The molecule has 6 nitrogen and oxygen atoms in total. The van der Waals surface area contributed by atoms with Crippen molar-refractivity contribution in [2.75, 3.05) is 38.3 Å². The van der Waals surface area contributed by atoms with E-state index in [1.807, 2.05) is 36.4 Å². The van der Waals surface area contributed by atoms with Gasteiger partial charge in [-0.15, -0.1) is 0 Å². The van der Waals surface area contributed by atoms with Crippen molar-refractivity contribution >= 4 is 35.0 Å². The summed E-state index contributed by atoms with van der Waals surface area (Å²) >= 11 is 7.81. The van der Waals surface area contributed by atoms with Crippen molar-refractivity contribution in [3.63, 3.8) is 0 Å². The number of nitrogens with zero attached hydrogens (tertiary/aromatic N) is 2. The number of hydrogen-bond donors (Lipinski definition) is 1. The minimum Gasteiger partial charge on any atom is -0.497 e. The second-order valence-electron chi connectivity index (χ2n) is 8.77. The number of aliphatic hydroxyl groups excluding tert-OH is 1. The highest BCUT2D eigenvalue weighted by molar-refractivity contribution is 8.00. The maximum atomic E-state index is 12.6. The molecule has 1 unspecified atom stereocenters. The maximum Gasteiger partial charge on any atom is 0.225 e. The molecule has 0 bridgehead atoms. The molecule has 34 heavy (non-hydrogen) atoms. The smallest absolute Gasteiger partial charge is 0.225 e. The van der Waals surface area contributed by atoms with Gasteiger partial charge in [-0.1, -0.05) is 36.2 Å². The van der Waals surface area contributed by atoms with Gasteiger partial charge in [-0.05, 0) is 55.7 Å². The molecule has 2 aromatic carbocycles. The summed E-state index contributed by atoms with van der Waals surface area (Å²) in [5.74, 6) is 1.43. The van der Waals surface area contributed by atoms with E-state index >= 15 is 0 Å². The van der Waals surface area contributed by atoms with Crippen LogP contribution in [0.4, 0.5) is 5.69 Å². The van der Waals surface area contributed by atoms with Gasteiger partial charge in [0.05, 0.1) is 26.0 Å². The molecule has 2 aliphatic rings. The second kappa shape index (κ2) is 11.7. The summed E-state index contributed by atoms with van der Waals surface area (Å²) in [5, 5.41) is 9.85. The Morgan fingerprint density at radius 1 is 1.21 bits per heavy atom. The number of benzene rings is 2. The van der Waals surface area contributed by atoms with Gasteiger partial charge in [-0.2, -0.15) is 0 Å². The number of methoxy groups -OCH3 is 1. The predicted octanol–water partition coefficient (Wildman–Crippen LogP) is 5.51. The number of carbonyl (C=O) groups excluding carboxylic acids is 1. The van der Waals surface area contributed by atoms with E-state index in [9.17, 15) is 9.90 Å². The van der Waals surface area contributed by atoms with E-state index in [4.69, 9.17) is 21.1 Å². The number of thioether (sulfide) groups is 1. The molecule has 0 spiro atoms. The molecule has 1 saturated carbocycles. The van der Waals surface area contributed by atoms with E-state index in [0.29, 0.717) is 24.2 Å². The first-order valence-corrected chi connectivity index (χ1v) is 13.2. The van der Waals surface area contributed by atoms with Crippen LogP contribution >= 0.6 is 23.4 Å². The van der Waals surface area contributed by atoms with Crippen molar-refractivity contribution in [2.45, 2.75) is 55.3 Å². The number of fused-ring (bicyclic) bond motifs is 1. The van der Waals surface area contributed by atoms with Crippen molar-refractivity contribution in [3.05, 3.63) is 47.0 Å². The van der Waals surface area contributed by atoms with Crippen LogP contribution in [0.25, 0.3) is 0 Å². The normalized spacial score (nSPS) is 17.9. The Labute approximate surface area is 211 Å². The number of ether oxygens (including phenoxy) is 2. The predicted molar refractivity (Wildman–Crippen MR) is 137 cm³/mol. The molecule has 0 saturated heterocycles. The molecular weight excluding hydrogens is 472 g/mol. The SMILES string of the molecule is COc1ccc(OCCCN(CCO)C2CCCC2)c(C2Sc3cc(Cl)ccc3N2C(C)=O)c1. The Morgan fingerprint density at radius 3 is 2.71 bits per heavy atom. The van der Waals surface area contributed by atoms with Crippen LogP contribution in [0, 0.1) is 0 Å². The zero-order valence-electron chi connectivity index (χ0n) is 19.8. The fourth-order valence-corrected chi connectivity index (χ4v) is 6.56. The van der Waals surface area contributed by atoms with Gasteiger partial charge in [-0.3, -0.25) is 14.6 Å².